The second kappa shape index (κ2) is 2.52. The summed E-state index contributed by atoms with van der Waals surface area (Å²) in [4.78, 5) is 0. The van der Waals surface area contributed by atoms with Crippen molar-refractivity contribution in [1.82, 2.24) is 9.78 Å². The fraction of sp³-hybridized carbons (Fsp3) is 0.625. The lowest BCUT2D eigenvalue weighted by molar-refractivity contribution is 0.622. The summed E-state index contributed by atoms with van der Waals surface area (Å²) < 4.78 is 1.94. The van der Waals surface area contributed by atoms with Crippen LogP contribution in [0.3, 0.4) is 0 Å². The van der Waals surface area contributed by atoms with Gasteiger partial charge in [-0.15, -0.1) is 0 Å². The highest BCUT2D eigenvalue weighted by Gasteiger charge is 2.29. The number of aromatic nitrogens is 2. The van der Waals surface area contributed by atoms with Crippen LogP contribution in [0.2, 0.25) is 5.02 Å². The van der Waals surface area contributed by atoms with Gasteiger partial charge in [0.25, 0.3) is 0 Å². The molecule has 0 bridgehead atoms. The summed E-state index contributed by atoms with van der Waals surface area (Å²) in [6, 6.07) is 0. The molecule has 1 fully saturated rings. The Bertz CT molecular complexity index is 263. The van der Waals surface area contributed by atoms with Crippen LogP contribution < -0.4 is 0 Å². The Morgan fingerprint density at radius 2 is 2.45 bits per heavy atom. The minimum atomic E-state index is 0.668. The van der Waals surface area contributed by atoms with E-state index >= 15 is 0 Å². The first-order valence-electron chi connectivity index (χ1n) is 3.96. The summed E-state index contributed by atoms with van der Waals surface area (Å²) in [6.07, 6.45) is 5.31. The first kappa shape index (κ1) is 7.17. The molecule has 1 saturated carbocycles. The lowest BCUT2D eigenvalue weighted by atomic mass is 10.3. The highest BCUT2D eigenvalue weighted by molar-refractivity contribution is 6.31. The molecular formula is C8H10ClN2. The summed E-state index contributed by atoms with van der Waals surface area (Å²) >= 11 is 5.92. The van der Waals surface area contributed by atoms with Crippen LogP contribution in [0.15, 0.2) is 0 Å². The number of hydrogen-bond donors (Lipinski definition) is 0. The van der Waals surface area contributed by atoms with E-state index in [9.17, 15) is 0 Å². The monoisotopic (exact) mass is 169 g/mol. The molecule has 0 N–H and O–H groups in total. The molecule has 1 radical (unpaired) electrons. The van der Waals surface area contributed by atoms with E-state index in [4.69, 9.17) is 11.6 Å². The van der Waals surface area contributed by atoms with Crippen molar-refractivity contribution in [1.29, 1.82) is 0 Å². The van der Waals surface area contributed by atoms with E-state index in [-0.39, 0.29) is 0 Å². The third kappa shape index (κ3) is 1.16. The van der Waals surface area contributed by atoms with Crippen LogP contribution in [0, 0.1) is 6.20 Å². The molecular weight excluding hydrogens is 160 g/mol. The second-order valence-electron chi connectivity index (χ2n) is 2.90. The molecule has 2 nitrogen and oxygen atoms in total. The fourth-order valence-electron chi connectivity index (χ4n) is 1.32. The summed E-state index contributed by atoms with van der Waals surface area (Å²) in [6.45, 7) is 2.97. The molecule has 0 spiro atoms. The van der Waals surface area contributed by atoms with Crippen LogP contribution >= 0.6 is 11.6 Å². The van der Waals surface area contributed by atoms with Crippen LogP contribution in [0.1, 0.15) is 31.4 Å². The Morgan fingerprint density at radius 1 is 1.73 bits per heavy atom. The van der Waals surface area contributed by atoms with Gasteiger partial charge in [-0.3, -0.25) is 4.68 Å². The van der Waals surface area contributed by atoms with Crippen molar-refractivity contribution < 1.29 is 0 Å². The molecule has 59 valence electrons. The van der Waals surface area contributed by atoms with Gasteiger partial charge in [0.1, 0.15) is 6.20 Å². The Hall–Kier alpha value is -0.500. The van der Waals surface area contributed by atoms with Crippen molar-refractivity contribution in [3.05, 3.63) is 16.9 Å². The van der Waals surface area contributed by atoms with E-state index in [2.05, 4.69) is 18.2 Å². The van der Waals surface area contributed by atoms with Crippen LogP contribution in [0.25, 0.3) is 0 Å². The predicted molar refractivity (Wildman–Crippen MR) is 43.7 cm³/mol. The third-order valence-electron chi connectivity index (χ3n) is 2.04. The van der Waals surface area contributed by atoms with E-state index in [0.717, 1.165) is 6.54 Å². The molecule has 1 aromatic heterocycles. The van der Waals surface area contributed by atoms with E-state index in [1.807, 2.05) is 4.68 Å². The van der Waals surface area contributed by atoms with Crippen molar-refractivity contribution in [3.63, 3.8) is 0 Å². The van der Waals surface area contributed by atoms with Gasteiger partial charge in [-0.25, -0.2) is 0 Å². The largest absolute Gasteiger partial charge is 0.267 e. The molecule has 0 amide bonds. The predicted octanol–water partition coefficient (Wildman–Crippen LogP) is 2.23. The zero-order chi connectivity index (χ0) is 7.84. The molecule has 1 aliphatic rings. The maximum Gasteiger partial charge on any atom is 0.133 e. The van der Waals surface area contributed by atoms with Gasteiger partial charge in [-0.05, 0) is 19.8 Å². The normalized spacial score (nSPS) is 17.3. The van der Waals surface area contributed by atoms with Crippen molar-refractivity contribution in [2.24, 2.45) is 0 Å². The number of hydrogen-bond acceptors (Lipinski definition) is 1. The van der Waals surface area contributed by atoms with Crippen LogP contribution in [0.5, 0.6) is 0 Å². The molecule has 1 aromatic rings. The van der Waals surface area contributed by atoms with Crippen molar-refractivity contribution in [2.45, 2.75) is 32.2 Å². The lowest BCUT2D eigenvalue weighted by Gasteiger charge is -2.01. The van der Waals surface area contributed by atoms with E-state index in [1.54, 1.807) is 0 Å². The summed E-state index contributed by atoms with van der Waals surface area (Å²) in [5.41, 5.74) is 1.19. The van der Waals surface area contributed by atoms with Gasteiger partial charge in [-0.2, -0.15) is 5.10 Å². The minimum absolute atomic E-state index is 0.668. The molecule has 0 aliphatic heterocycles. The van der Waals surface area contributed by atoms with E-state index < -0.39 is 0 Å². The van der Waals surface area contributed by atoms with Gasteiger partial charge >= 0.3 is 0 Å². The smallest absolute Gasteiger partial charge is 0.133 e. The van der Waals surface area contributed by atoms with Gasteiger partial charge in [-0.1, -0.05) is 11.6 Å². The Kier molecular flexibility index (Phi) is 1.64. The number of nitrogens with zero attached hydrogens (tertiary/aromatic N) is 2. The molecule has 1 aliphatic carbocycles. The first-order chi connectivity index (χ1) is 5.33. The molecule has 0 aromatic carbocycles. The lowest BCUT2D eigenvalue weighted by Crippen LogP contribution is -2.00. The van der Waals surface area contributed by atoms with Crippen molar-refractivity contribution >= 4 is 11.6 Å². The van der Waals surface area contributed by atoms with Crippen molar-refractivity contribution in [2.75, 3.05) is 0 Å². The number of aryl methyl sites for hydroxylation is 1. The van der Waals surface area contributed by atoms with Gasteiger partial charge in [0, 0.05) is 12.5 Å². The quantitative estimate of drug-likeness (QED) is 0.664. The third-order valence-corrected chi connectivity index (χ3v) is 2.31. The Labute approximate surface area is 71.2 Å². The number of rotatable bonds is 2. The van der Waals surface area contributed by atoms with Gasteiger partial charge < -0.3 is 0 Å². The van der Waals surface area contributed by atoms with E-state index in [0.29, 0.717) is 10.9 Å². The molecule has 11 heavy (non-hydrogen) atoms. The highest BCUT2D eigenvalue weighted by atomic mass is 35.5. The van der Waals surface area contributed by atoms with Crippen LogP contribution in [-0.4, -0.2) is 9.78 Å². The first-order valence-corrected chi connectivity index (χ1v) is 4.34. The molecule has 1 heterocycles. The Balaban J connectivity index is 2.38. The highest BCUT2D eigenvalue weighted by Crippen LogP contribution is 2.42. The minimum Gasteiger partial charge on any atom is -0.267 e. The van der Waals surface area contributed by atoms with Gasteiger partial charge in [0.05, 0.1) is 10.7 Å². The summed E-state index contributed by atoms with van der Waals surface area (Å²) in [7, 11) is 0. The standard InChI is InChI=1S/C8H10ClN2/c1-2-11-8(6-3-4-6)7(9)5-10-11/h6H,2-4H2,1H3. The average Bonchev–Trinajstić information content (AvgIpc) is 2.76. The number of halogens is 1. The SMILES string of the molecule is CCn1n[c]c(Cl)c1C1CC1. The molecule has 0 saturated heterocycles. The van der Waals surface area contributed by atoms with Gasteiger partial charge in [0.15, 0.2) is 0 Å². The molecule has 2 rings (SSSR count). The fourth-order valence-corrected chi connectivity index (χ4v) is 1.61. The van der Waals surface area contributed by atoms with Crippen molar-refractivity contribution in [3.8, 4) is 0 Å². The zero-order valence-electron chi connectivity index (χ0n) is 6.47. The second-order valence-corrected chi connectivity index (χ2v) is 3.28. The Morgan fingerprint density at radius 3 is 3.00 bits per heavy atom. The summed E-state index contributed by atoms with van der Waals surface area (Å²) in [5, 5.41) is 4.77. The maximum atomic E-state index is 5.92. The molecule has 0 unspecified atom stereocenters. The van der Waals surface area contributed by atoms with E-state index in [1.165, 1.54) is 18.5 Å². The molecule has 0 atom stereocenters. The van der Waals surface area contributed by atoms with Gasteiger partial charge in [0.2, 0.25) is 0 Å². The zero-order valence-corrected chi connectivity index (χ0v) is 7.23. The van der Waals surface area contributed by atoms with Crippen LogP contribution in [0.4, 0.5) is 0 Å². The maximum absolute atomic E-state index is 5.92. The van der Waals surface area contributed by atoms with Crippen LogP contribution in [-0.2, 0) is 6.54 Å². The average molecular weight is 170 g/mol. The summed E-state index contributed by atoms with van der Waals surface area (Å²) in [5.74, 6) is 0.668. The topological polar surface area (TPSA) is 17.8 Å². The molecule has 3 heteroatoms.